The number of rotatable bonds is 8. The topological polar surface area (TPSA) is 142 Å². The van der Waals surface area contributed by atoms with Crippen LogP contribution in [0.5, 0.6) is 5.75 Å². The molecule has 2 aliphatic rings. The lowest BCUT2D eigenvalue weighted by Gasteiger charge is -2.29. The minimum Gasteiger partial charge on any atom is -0.481 e. The largest absolute Gasteiger partial charge is 0.481 e. The van der Waals surface area contributed by atoms with Gasteiger partial charge in [0.05, 0.1) is 28.7 Å². The fourth-order valence-corrected chi connectivity index (χ4v) is 6.02. The third-order valence-electron chi connectivity index (χ3n) is 5.95. The van der Waals surface area contributed by atoms with Crippen molar-refractivity contribution in [1.29, 1.82) is 0 Å². The number of terminal acetylenes is 1. The van der Waals surface area contributed by atoms with Crippen LogP contribution < -0.4 is 19.7 Å². The van der Waals surface area contributed by atoms with Gasteiger partial charge in [0.1, 0.15) is 12.3 Å². The normalized spacial score (nSPS) is 14.7. The summed E-state index contributed by atoms with van der Waals surface area (Å²) in [5.41, 5.74) is 0.880. The van der Waals surface area contributed by atoms with Crippen molar-refractivity contribution in [3.8, 4) is 18.1 Å². The maximum atomic E-state index is 14.1. The number of esters is 1. The van der Waals surface area contributed by atoms with Crippen molar-refractivity contribution >= 4 is 50.0 Å². The number of nitrogens with one attached hydrogen (secondary N) is 2. The summed E-state index contributed by atoms with van der Waals surface area (Å²) in [6, 6.07) is 12.9. The number of benzene rings is 3. The Morgan fingerprint density at radius 2 is 1.87 bits per heavy atom. The van der Waals surface area contributed by atoms with Gasteiger partial charge in [0.15, 0.2) is 0 Å². The Morgan fingerprint density at radius 3 is 2.53 bits per heavy atom. The fourth-order valence-electron chi connectivity index (χ4n) is 4.39. The molecule has 5 rings (SSSR count). The van der Waals surface area contributed by atoms with Crippen molar-refractivity contribution < 1.29 is 32.6 Å². The predicted molar refractivity (Wildman–Crippen MR) is 141 cm³/mol. The van der Waals surface area contributed by atoms with E-state index in [9.17, 15) is 22.8 Å². The number of ether oxygens (including phenoxy) is 1. The molecule has 38 heavy (non-hydrogen) atoms. The molecule has 0 spiro atoms. The summed E-state index contributed by atoms with van der Waals surface area (Å²) in [6.45, 7) is 2.37. The van der Waals surface area contributed by atoms with E-state index in [1.165, 1.54) is 31.2 Å². The number of nitrogens with zero attached hydrogens (tertiary/aromatic N) is 1. The first-order chi connectivity index (χ1) is 18.0. The second kappa shape index (κ2) is 10.5. The summed E-state index contributed by atoms with van der Waals surface area (Å²) in [6.07, 6.45) is 5.62. The van der Waals surface area contributed by atoms with Gasteiger partial charge < -0.3 is 15.2 Å². The number of amides is 1. The SMILES string of the molecule is C#C[C@H](N[C@@H](C)CC(=O)O)c1ccc(S(=O)(=O)N2CC(=O)Oc3ccc2c(NC(C)=O)c3)c2ccccc12. The minimum atomic E-state index is -4.36. The molecule has 0 saturated heterocycles. The van der Waals surface area contributed by atoms with Gasteiger partial charge in [-0.2, -0.15) is 0 Å². The number of aliphatic carboxylic acids is 1. The molecule has 2 heterocycles. The molecule has 11 heteroatoms. The van der Waals surface area contributed by atoms with E-state index < -0.39 is 46.5 Å². The molecular formula is C27H25N3O7S. The third-order valence-corrected chi connectivity index (χ3v) is 7.77. The van der Waals surface area contributed by atoms with Gasteiger partial charge in [-0.3, -0.25) is 19.2 Å². The van der Waals surface area contributed by atoms with E-state index in [-0.39, 0.29) is 28.4 Å². The summed E-state index contributed by atoms with van der Waals surface area (Å²) in [7, 11) is -4.36. The second-order valence-corrected chi connectivity index (χ2v) is 10.6. The number of carboxylic acids is 1. The van der Waals surface area contributed by atoms with Crippen LogP contribution >= 0.6 is 0 Å². The minimum absolute atomic E-state index is 0.0857. The molecule has 3 aromatic carbocycles. The van der Waals surface area contributed by atoms with Crippen LogP contribution in [0.15, 0.2) is 59.5 Å². The van der Waals surface area contributed by atoms with Crippen LogP contribution in [0.3, 0.4) is 0 Å². The number of sulfonamides is 1. The van der Waals surface area contributed by atoms with E-state index in [2.05, 4.69) is 16.6 Å². The van der Waals surface area contributed by atoms with Crippen LogP contribution in [0.1, 0.15) is 31.9 Å². The molecule has 0 fully saturated rings. The Kier molecular flexibility index (Phi) is 7.39. The maximum absolute atomic E-state index is 14.1. The zero-order valence-corrected chi connectivity index (χ0v) is 21.4. The third kappa shape index (κ3) is 5.32. The number of carboxylic acid groups (broad SMARTS) is 1. The highest BCUT2D eigenvalue weighted by molar-refractivity contribution is 7.93. The lowest BCUT2D eigenvalue weighted by atomic mass is 9.98. The van der Waals surface area contributed by atoms with Crippen LogP contribution in [0.2, 0.25) is 0 Å². The number of hydrogen-bond donors (Lipinski definition) is 3. The highest BCUT2D eigenvalue weighted by atomic mass is 32.2. The highest BCUT2D eigenvalue weighted by Crippen LogP contribution is 2.38. The summed E-state index contributed by atoms with van der Waals surface area (Å²) < 4.78 is 34.3. The smallest absolute Gasteiger partial charge is 0.332 e. The van der Waals surface area contributed by atoms with Crippen molar-refractivity contribution in [2.24, 2.45) is 0 Å². The molecule has 0 radical (unpaired) electrons. The van der Waals surface area contributed by atoms with E-state index in [1.807, 2.05) is 0 Å². The van der Waals surface area contributed by atoms with Gasteiger partial charge in [-0.05, 0) is 36.1 Å². The number of anilines is 2. The van der Waals surface area contributed by atoms with Crippen molar-refractivity contribution in [2.75, 3.05) is 16.2 Å². The lowest BCUT2D eigenvalue weighted by Crippen LogP contribution is -2.39. The molecule has 2 bridgehead atoms. The van der Waals surface area contributed by atoms with Crippen molar-refractivity contribution in [2.45, 2.75) is 37.2 Å². The summed E-state index contributed by atoms with van der Waals surface area (Å²) in [5.74, 6) is 0.606. The van der Waals surface area contributed by atoms with E-state index in [4.69, 9.17) is 16.3 Å². The number of fused-ring (bicyclic) bond motifs is 6. The molecule has 196 valence electrons. The molecule has 3 N–H and O–H groups in total. The number of carbonyl (C=O) groups is 3. The monoisotopic (exact) mass is 535 g/mol. The average molecular weight is 536 g/mol. The van der Waals surface area contributed by atoms with Crippen molar-refractivity contribution in [3.63, 3.8) is 0 Å². The molecule has 0 saturated carbocycles. The summed E-state index contributed by atoms with van der Waals surface area (Å²) >= 11 is 0. The van der Waals surface area contributed by atoms with Crippen molar-refractivity contribution in [3.05, 3.63) is 60.2 Å². The molecule has 0 aromatic heterocycles. The van der Waals surface area contributed by atoms with Crippen LogP contribution in [-0.2, 0) is 24.4 Å². The molecule has 2 atom stereocenters. The van der Waals surface area contributed by atoms with E-state index in [0.717, 1.165) is 4.31 Å². The zero-order valence-electron chi connectivity index (χ0n) is 20.6. The molecule has 1 amide bonds. The lowest BCUT2D eigenvalue weighted by molar-refractivity contribution is -0.137. The first kappa shape index (κ1) is 26.7. The van der Waals surface area contributed by atoms with Crippen molar-refractivity contribution in [1.82, 2.24) is 5.32 Å². The second-order valence-electron chi connectivity index (χ2n) is 8.81. The van der Waals surface area contributed by atoms with Crippen LogP contribution in [0.25, 0.3) is 10.8 Å². The van der Waals surface area contributed by atoms with Crippen LogP contribution in [0.4, 0.5) is 11.4 Å². The van der Waals surface area contributed by atoms with Gasteiger partial charge >= 0.3 is 11.9 Å². The standard InChI is InChI=1S/C27H25N3O7S/c1-4-22(28-16(2)13-26(32)33)20-10-12-25(21-8-6-5-7-19(20)21)38(35,36)30-15-27(34)37-18-9-11-24(30)23(14-18)29-17(3)31/h1,5-12,14,16,22,28H,13,15H2,2-3H3,(H,29,31)(H,32,33)/t16-,22-/m0/s1. The Morgan fingerprint density at radius 1 is 1.16 bits per heavy atom. The van der Waals surface area contributed by atoms with Gasteiger partial charge in [0.2, 0.25) is 5.91 Å². The first-order valence-electron chi connectivity index (χ1n) is 11.6. The molecular weight excluding hydrogens is 510 g/mol. The van der Waals surface area contributed by atoms with E-state index in [0.29, 0.717) is 16.3 Å². The highest BCUT2D eigenvalue weighted by Gasteiger charge is 2.33. The summed E-state index contributed by atoms with van der Waals surface area (Å²) in [5, 5.41) is 15.7. The molecule has 2 aliphatic heterocycles. The van der Waals surface area contributed by atoms with Crippen LogP contribution in [-0.4, -0.2) is 44.0 Å². The van der Waals surface area contributed by atoms with Gasteiger partial charge in [-0.1, -0.05) is 36.3 Å². The summed E-state index contributed by atoms with van der Waals surface area (Å²) in [4.78, 5) is 35.3. The van der Waals surface area contributed by atoms with Gasteiger partial charge in [-0.15, -0.1) is 6.42 Å². The van der Waals surface area contributed by atoms with Gasteiger partial charge in [0.25, 0.3) is 10.0 Å². The first-order valence-corrected chi connectivity index (χ1v) is 13.1. The Hall–Kier alpha value is -4.40. The Labute approximate surface area is 219 Å². The zero-order chi connectivity index (χ0) is 27.6. The Bertz CT molecular complexity index is 1590. The van der Waals surface area contributed by atoms with E-state index in [1.54, 1.807) is 37.3 Å². The van der Waals surface area contributed by atoms with E-state index >= 15 is 0 Å². The molecule has 0 aliphatic carbocycles. The van der Waals surface area contributed by atoms with Gasteiger partial charge in [0, 0.05) is 24.4 Å². The Balaban J connectivity index is 1.84. The quantitative estimate of drug-likeness (QED) is 0.227. The number of carbonyl (C=O) groups excluding carboxylic acids is 2. The average Bonchev–Trinajstić information content (AvgIpc) is 2.83. The molecule has 0 unspecified atom stereocenters. The predicted octanol–water partition coefficient (Wildman–Crippen LogP) is 3.04. The molecule has 10 nitrogen and oxygen atoms in total. The number of hydrogen-bond acceptors (Lipinski definition) is 7. The van der Waals surface area contributed by atoms with Gasteiger partial charge in [-0.25, -0.2) is 13.2 Å². The maximum Gasteiger partial charge on any atom is 0.332 e. The van der Waals surface area contributed by atoms with Crippen LogP contribution in [0, 0.1) is 12.3 Å². The molecule has 3 aromatic rings. The fraction of sp³-hybridized carbons (Fsp3) is 0.222.